The lowest BCUT2D eigenvalue weighted by Crippen LogP contribution is -1.99. The van der Waals surface area contributed by atoms with Crippen molar-refractivity contribution >= 4 is 5.69 Å². The van der Waals surface area contributed by atoms with Crippen molar-refractivity contribution in [1.29, 1.82) is 0 Å². The number of hydrogen-bond acceptors (Lipinski definition) is 3. The van der Waals surface area contributed by atoms with Crippen molar-refractivity contribution in [3.8, 4) is 11.5 Å². The first-order valence-corrected chi connectivity index (χ1v) is 5.04. The summed E-state index contributed by atoms with van der Waals surface area (Å²) in [6.45, 7) is 3.10. The van der Waals surface area contributed by atoms with Crippen LogP contribution in [0.5, 0.6) is 0 Å². The van der Waals surface area contributed by atoms with Crippen LogP contribution < -0.4 is 5.73 Å². The highest BCUT2D eigenvalue weighted by molar-refractivity contribution is 5.52. The van der Waals surface area contributed by atoms with E-state index in [2.05, 4.69) is 21.5 Å². The van der Waals surface area contributed by atoms with E-state index in [1.165, 1.54) is 0 Å². The SMILES string of the molecule is CCCn1ccnc1-c1ccc(N)cn1. The van der Waals surface area contributed by atoms with Crippen LogP contribution in [0, 0.1) is 0 Å². The molecular weight excluding hydrogens is 188 g/mol. The first-order valence-electron chi connectivity index (χ1n) is 5.04. The van der Waals surface area contributed by atoms with Crippen LogP contribution in [0.15, 0.2) is 30.7 Å². The smallest absolute Gasteiger partial charge is 0.158 e. The molecule has 2 N–H and O–H groups in total. The number of nitrogens with zero attached hydrogens (tertiary/aromatic N) is 3. The lowest BCUT2D eigenvalue weighted by atomic mass is 10.3. The van der Waals surface area contributed by atoms with Gasteiger partial charge in [-0.1, -0.05) is 6.92 Å². The number of imidazole rings is 1. The number of nitrogens with two attached hydrogens (primary N) is 1. The van der Waals surface area contributed by atoms with Crippen LogP contribution in [-0.2, 0) is 6.54 Å². The van der Waals surface area contributed by atoms with E-state index in [4.69, 9.17) is 5.73 Å². The summed E-state index contributed by atoms with van der Waals surface area (Å²) in [7, 11) is 0. The van der Waals surface area contributed by atoms with E-state index in [0.29, 0.717) is 5.69 Å². The normalized spacial score (nSPS) is 10.5. The first kappa shape index (κ1) is 9.71. The number of aryl methyl sites for hydroxylation is 1. The number of anilines is 1. The van der Waals surface area contributed by atoms with Gasteiger partial charge < -0.3 is 10.3 Å². The molecule has 15 heavy (non-hydrogen) atoms. The molecule has 0 aliphatic carbocycles. The van der Waals surface area contributed by atoms with Crippen LogP contribution >= 0.6 is 0 Å². The predicted octanol–water partition coefficient (Wildman–Crippen LogP) is 1.94. The van der Waals surface area contributed by atoms with Crippen LogP contribution in [0.3, 0.4) is 0 Å². The van der Waals surface area contributed by atoms with Crippen molar-refractivity contribution in [2.75, 3.05) is 5.73 Å². The van der Waals surface area contributed by atoms with Gasteiger partial charge in [-0.05, 0) is 18.6 Å². The van der Waals surface area contributed by atoms with Crippen LogP contribution in [0.4, 0.5) is 5.69 Å². The quantitative estimate of drug-likeness (QED) is 0.827. The van der Waals surface area contributed by atoms with E-state index in [9.17, 15) is 0 Å². The molecule has 0 saturated carbocycles. The molecule has 0 aliphatic rings. The van der Waals surface area contributed by atoms with Gasteiger partial charge in [-0.25, -0.2) is 4.98 Å². The van der Waals surface area contributed by atoms with Crippen molar-refractivity contribution in [2.24, 2.45) is 0 Å². The van der Waals surface area contributed by atoms with Gasteiger partial charge in [-0.2, -0.15) is 0 Å². The number of rotatable bonds is 3. The molecular formula is C11H14N4. The number of hydrogen-bond donors (Lipinski definition) is 1. The number of aromatic nitrogens is 3. The number of pyridine rings is 1. The van der Waals surface area contributed by atoms with E-state index < -0.39 is 0 Å². The van der Waals surface area contributed by atoms with Crippen molar-refractivity contribution in [2.45, 2.75) is 19.9 Å². The highest BCUT2D eigenvalue weighted by atomic mass is 15.1. The molecule has 0 spiro atoms. The minimum atomic E-state index is 0.673. The zero-order valence-corrected chi connectivity index (χ0v) is 8.72. The van der Waals surface area contributed by atoms with Gasteiger partial charge in [0.05, 0.1) is 11.9 Å². The Kier molecular flexibility index (Phi) is 2.67. The molecule has 78 valence electrons. The van der Waals surface area contributed by atoms with Gasteiger partial charge in [0, 0.05) is 18.9 Å². The maximum Gasteiger partial charge on any atom is 0.158 e. The van der Waals surface area contributed by atoms with E-state index in [1.54, 1.807) is 12.4 Å². The summed E-state index contributed by atoms with van der Waals surface area (Å²) in [5, 5.41) is 0. The van der Waals surface area contributed by atoms with Crippen molar-refractivity contribution in [1.82, 2.24) is 14.5 Å². The van der Waals surface area contributed by atoms with E-state index >= 15 is 0 Å². The van der Waals surface area contributed by atoms with Crippen molar-refractivity contribution in [3.63, 3.8) is 0 Å². The number of nitrogen functional groups attached to an aromatic ring is 1. The molecule has 4 heteroatoms. The molecule has 0 unspecified atom stereocenters. The van der Waals surface area contributed by atoms with Crippen LogP contribution in [0.1, 0.15) is 13.3 Å². The first-order chi connectivity index (χ1) is 7.31. The van der Waals surface area contributed by atoms with Crippen LogP contribution in [-0.4, -0.2) is 14.5 Å². The maximum atomic E-state index is 5.59. The summed E-state index contributed by atoms with van der Waals surface area (Å²) >= 11 is 0. The molecule has 0 fully saturated rings. The van der Waals surface area contributed by atoms with Crippen LogP contribution in [0.2, 0.25) is 0 Å². The minimum Gasteiger partial charge on any atom is -0.397 e. The summed E-state index contributed by atoms with van der Waals surface area (Å²) in [5.74, 6) is 0.900. The average molecular weight is 202 g/mol. The van der Waals surface area contributed by atoms with Gasteiger partial charge >= 0.3 is 0 Å². The molecule has 4 nitrogen and oxygen atoms in total. The van der Waals surface area contributed by atoms with Gasteiger partial charge in [-0.3, -0.25) is 4.98 Å². The Balaban J connectivity index is 2.36. The van der Waals surface area contributed by atoms with Gasteiger partial charge in [-0.15, -0.1) is 0 Å². The molecule has 0 aromatic carbocycles. The van der Waals surface area contributed by atoms with E-state index in [1.807, 2.05) is 18.3 Å². The Bertz CT molecular complexity index is 430. The molecule has 2 aromatic heterocycles. The summed E-state index contributed by atoms with van der Waals surface area (Å²) in [5.41, 5.74) is 7.12. The second kappa shape index (κ2) is 4.13. The highest BCUT2D eigenvalue weighted by Crippen LogP contribution is 2.15. The molecule has 0 aliphatic heterocycles. The topological polar surface area (TPSA) is 56.7 Å². The lowest BCUT2D eigenvalue weighted by Gasteiger charge is -2.05. The Morgan fingerprint density at radius 2 is 2.20 bits per heavy atom. The third-order valence-corrected chi connectivity index (χ3v) is 2.20. The molecule has 2 heterocycles. The Morgan fingerprint density at radius 3 is 2.87 bits per heavy atom. The zero-order chi connectivity index (χ0) is 10.7. The average Bonchev–Trinajstić information content (AvgIpc) is 2.68. The van der Waals surface area contributed by atoms with E-state index in [-0.39, 0.29) is 0 Å². The molecule has 0 saturated heterocycles. The lowest BCUT2D eigenvalue weighted by molar-refractivity contribution is 0.684. The predicted molar refractivity (Wildman–Crippen MR) is 60.2 cm³/mol. The van der Waals surface area contributed by atoms with Gasteiger partial charge in [0.1, 0.15) is 5.69 Å². The van der Waals surface area contributed by atoms with Crippen molar-refractivity contribution in [3.05, 3.63) is 30.7 Å². The fourth-order valence-corrected chi connectivity index (χ4v) is 1.50. The third-order valence-electron chi connectivity index (χ3n) is 2.20. The summed E-state index contributed by atoms with van der Waals surface area (Å²) < 4.78 is 2.10. The monoisotopic (exact) mass is 202 g/mol. The summed E-state index contributed by atoms with van der Waals surface area (Å²) in [4.78, 5) is 8.55. The molecule has 0 amide bonds. The van der Waals surface area contributed by atoms with Gasteiger partial charge in [0.15, 0.2) is 5.82 Å². The maximum absolute atomic E-state index is 5.59. The third kappa shape index (κ3) is 1.98. The fourth-order valence-electron chi connectivity index (χ4n) is 1.50. The Hall–Kier alpha value is -1.84. The fraction of sp³-hybridized carbons (Fsp3) is 0.273. The summed E-state index contributed by atoms with van der Waals surface area (Å²) in [6, 6.07) is 3.73. The standard InChI is InChI=1S/C11H14N4/c1-2-6-15-7-5-13-11(15)10-4-3-9(12)8-14-10/h3-5,7-8H,2,6,12H2,1H3. The minimum absolute atomic E-state index is 0.673. The van der Waals surface area contributed by atoms with Crippen molar-refractivity contribution < 1.29 is 0 Å². The van der Waals surface area contributed by atoms with Gasteiger partial charge in [0.2, 0.25) is 0 Å². The van der Waals surface area contributed by atoms with E-state index in [0.717, 1.165) is 24.5 Å². The zero-order valence-electron chi connectivity index (χ0n) is 8.72. The van der Waals surface area contributed by atoms with Gasteiger partial charge in [0.25, 0.3) is 0 Å². The summed E-state index contributed by atoms with van der Waals surface area (Å²) in [6.07, 6.45) is 6.50. The molecule has 0 radical (unpaired) electrons. The molecule has 2 aromatic rings. The van der Waals surface area contributed by atoms with Crippen LogP contribution in [0.25, 0.3) is 11.5 Å². The second-order valence-electron chi connectivity index (χ2n) is 3.42. The second-order valence-corrected chi connectivity index (χ2v) is 3.42. The molecule has 2 rings (SSSR count). The largest absolute Gasteiger partial charge is 0.397 e. The Morgan fingerprint density at radius 1 is 1.33 bits per heavy atom. The Labute approximate surface area is 88.8 Å². The molecule has 0 atom stereocenters. The molecule has 0 bridgehead atoms. The highest BCUT2D eigenvalue weighted by Gasteiger charge is 2.05.